The summed E-state index contributed by atoms with van der Waals surface area (Å²) in [5, 5.41) is 9.66. The summed E-state index contributed by atoms with van der Waals surface area (Å²) in [4.78, 5) is 13.2. The zero-order chi connectivity index (χ0) is 12.4. The number of carbonyl (C=O) groups is 1. The van der Waals surface area contributed by atoms with E-state index in [2.05, 4.69) is 0 Å². The molecular weight excluding hydrogens is 242 g/mol. The lowest BCUT2D eigenvalue weighted by Gasteiger charge is -2.36. The second-order valence-electron chi connectivity index (χ2n) is 4.06. The van der Waals surface area contributed by atoms with Crippen LogP contribution in [0.2, 0.25) is 5.02 Å². The van der Waals surface area contributed by atoms with Gasteiger partial charge in [-0.1, -0.05) is 17.7 Å². The third-order valence-corrected chi connectivity index (χ3v) is 3.18. The Kier molecular flexibility index (Phi) is 3.54. The normalized spacial score (nSPS) is 20.4. The smallest absolute Gasteiger partial charge is 0.337 e. The van der Waals surface area contributed by atoms with Crippen LogP contribution < -0.4 is 4.90 Å². The molecule has 4 nitrogen and oxygen atoms in total. The van der Waals surface area contributed by atoms with E-state index in [1.165, 1.54) is 0 Å². The van der Waals surface area contributed by atoms with Gasteiger partial charge in [0.2, 0.25) is 0 Å². The number of morpholine rings is 1. The van der Waals surface area contributed by atoms with Crippen molar-refractivity contribution in [2.45, 2.75) is 13.0 Å². The van der Waals surface area contributed by atoms with Gasteiger partial charge in [0.15, 0.2) is 0 Å². The van der Waals surface area contributed by atoms with E-state index in [9.17, 15) is 9.90 Å². The van der Waals surface area contributed by atoms with Crippen LogP contribution in [0.15, 0.2) is 18.2 Å². The first-order valence-corrected chi connectivity index (χ1v) is 5.85. The first kappa shape index (κ1) is 12.2. The van der Waals surface area contributed by atoms with Crippen molar-refractivity contribution in [3.8, 4) is 0 Å². The average molecular weight is 256 g/mol. The predicted molar refractivity (Wildman–Crippen MR) is 66.0 cm³/mol. The molecule has 0 aromatic heterocycles. The van der Waals surface area contributed by atoms with Crippen molar-refractivity contribution in [2.24, 2.45) is 0 Å². The second kappa shape index (κ2) is 4.94. The Morgan fingerprint density at radius 3 is 3.00 bits per heavy atom. The van der Waals surface area contributed by atoms with Crippen molar-refractivity contribution >= 4 is 23.3 Å². The number of benzene rings is 1. The maximum atomic E-state index is 11.2. The van der Waals surface area contributed by atoms with Crippen LogP contribution in [0.4, 0.5) is 5.69 Å². The highest BCUT2D eigenvalue weighted by atomic mass is 35.5. The molecular formula is C12H14ClNO3. The Labute approximate surface area is 105 Å². The van der Waals surface area contributed by atoms with Gasteiger partial charge in [-0.3, -0.25) is 0 Å². The molecule has 1 aliphatic rings. The summed E-state index contributed by atoms with van der Waals surface area (Å²) in [6, 6.07) is 5.07. The van der Waals surface area contributed by atoms with Crippen LogP contribution in [0.25, 0.3) is 0 Å². The van der Waals surface area contributed by atoms with Crippen LogP contribution in [0, 0.1) is 0 Å². The highest BCUT2D eigenvalue weighted by Gasteiger charge is 2.25. The molecule has 2 rings (SSSR count). The summed E-state index contributed by atoms with van der Waals surface area (Å²) >= 11 is 6.13. The molecule has 1 unspecified atom stereocenters. The van der Waals surface area contributed by atoms with Crippen LogP contribution in [-0.4, -0.2) is 36.9 Å². The molecule has 17 heavy (non-hydrogen) atoms. The number of anilines is 1. The van der Waals surface area contributed by atoms with Crippen LogP contribution in [-0.2, 0) is 4.74 Å². The number of nitrogens with zero attached hydrogens (tertiary/aromatic N) is 1. The minimum absolute atomic E-state index is 0.127. The number of halogens is 1. The fraction of sp³-hybridized carbons (Fsp3) is 0.417. The predicted octanol–water partition coefficient (Wildman–Crippen LogP) is 2.26. The molecule has 0 spiro atoms. The topological polar surface area (TPSA) is 49.8 Å². The third kappa shape index (κ3) is 2.37. The molecule has 1 fully saturated rings. The van der Waals surface area contributed by atoms with Crippen molar-refractivity contribution < 1.29 is 14.6 Å². The number of hydrogen-bond acceptors (Lipinski definition) is 3. The van der Waals surface area contributed by atoms with E-state index in [1.807, 2.05) is 11.8 Å². The minimum Gasteiger partial charge on any atom is -0.478 e. The molecule has 5 heteroatoms. The maximum Gasteiger partial charge on any atom is 0.337 e. The van der Waals surface area contributed by atoms with Crippen molar-refractivity contribution in [3.63, 3.8) is 0 Å². The van der Waals surface area contributed by atoms with Gasteiger partial charge in [-0.2, -0.15) is 0 Å². The first-order chi connectivity index (χ1) is 8.11. The van der Waals surface area contributed by atoms with E-state index in [-0.39, 0.29) is 11.6 Å². The van der Waals surface area contributed by atoms with E-state index in [4.69, 9.17) is 16.3 Å². The van der Waals surface area contributed by atoms with Crippen LogP contribution >= 0.6 is 11.6 Å². The summed E-state index contributed by atoms with van der Waals surface area (Å²) in [5.41, 5.74) is 0.837. The van der Waals surface area contributed by atoms with Crippen molar-refractivity contribution in [2.75, 3.05) is 24.7 Å². The minimum atomic E-state index is -0.957. The number of para-hydroxylation sites is 1. The molecule has 0 saturated carbocycles. The molecule has 0 aliphatic carbocycles. The van der Waals surface area contributed by atoms with Gasteiger partial charge in [0.1, 0.15) is 0 Å². The summed E-state index contributed by atoms with van der Waals surface area (Å²) in [5.74, 6) is -0.957. The third-order valence-electron chi connectivity index (χ3n) is 2.87. The van der Waals surface area contributed by atoms with Gasteiger partial charge in [0.25, 0.3) is 0 Å². The van der Waals surface area contributed by atoms with E-state index in [0.717, 1.165) is 0 Å². The fourth-order valence-corrected chi connectivity index (χ4v) is 2.32. The number of aromatic carboxylic acids is 1. The zero-order valence-electron chi connectivity index (χ0n) is 9.52. The number of carboxylic acids is 1. The first-order valence-electron chi connectivity index (χ1n) is 5.47. The summed E-state index contributed by atoms with van der Waals surface area (Å²) < 4.78 is 5.34. The fourth-order valence-electron chi connectivity index (χ4n) is 2.04. The number of ether oxygens (including phenoxy) is 1. The number of rotatable bonds is 2. The number of hydrogen-bond donors (Lipinski definition) is 1. The monoisotopic (exact) mass is 255 g/mol. The molecule has 0 bridgehead atoms. The summed E-state index contributed by atoms with van der Waals surface area (Å²) in [7, 11) is 0. The Bertz CT molecular complexity index is 436. The molecule has 1 saturated heterocycles. The van der Waals surface area contributed by atoms with Gasteiger partial charge in [0, 0.05) is 12.6 Å². The Balaban J connectivity index is 2.45. The van der Waals surface area contributed by atoms with Crippen LogP contribution in [0.5, 0.6) is 0 Å². The van der Waals surface area contributed by atoms with Gasteiger partial charge in [-0.25, -0.2) is 4.79 Å². The summed E-state index contributed by atoms with van der Waals surface area (Å²) in [6.45, 7) is 3.83. The van der Waals surface area contributed by atoms with E-state index >= 15 is 0 Å². The Morgan fingerprint density at radius 1 is 1.59 bits per heavy atom. The molecule has 0 amide bonds. The highest BCUT2D eigenvalue weighted by Crippen LogP contribution is 2.32. The van der Waals surface area contributed by atoms with Crippen LogP contribution in [0.1, 0.15) is 17.3 Å². The lowest BCUT2D eigenvalue weighted by atomic mass is 10.1. The van der Waals surface area contributed by atoms with Crippen molar-refractivity contribution in [3.05, 3.63) is 28.8 Å². The SMILES string of the molecule is CC1COCCN1c1c(Cl)cccc1C(=O)O. The molecule has 1 N–H and O–H groups in total. The van der Waals surface area contributed by atoms with Gasteiger partial charge < -0.3 is 14.7 Å². The zero-order valence-corrected chi connectivity index (χ0v) is 10.3. The van der Waals surface area contributed by atoms with Gasteiger partial charge in [-0.15, -0.1) is 0 Å². The second-order valence-corrected chi connectivity index (χ2v) is 4.47. The largest absolute Gasteiger partial charge is 0.478 e. The molecule has 1 aromatic rings. The molecule has 1 aliphatic heterocycles. The highest BCUT2D eigenvalue weighted by molar-refractivity contribution is 6.34. The molecule has 1 heterocycles. The van der Waals surface area contributed by atoms with E-state index in [1.54, 1.807) is 18.2 Å². The maximum absolute atomic E-state index is 11.2. The lowest BCUT2D eigenvalue weighted by molar-refractivity contribution is 0.0695. The van der Waals surface area contributed by atoms with Crippen molar-refractivity contribution in [1.29, 1.82) is 0 Å². The van der Waals surface area contributed by atoms with Crippen LogP contribution in [0.3, 0.4) is 0 Å². The van der Waals surface area contributed by atoms with Gasteiger partial charge >= 0.3 is 5.97 Å². The standard InChI is InChI=1S/C12H14ClNO3/c1-8-7-17-6-5-14(8)11-9(12(15)16)3-2-4-10(11)13/h2-4,8H,5-7H2,1H3,(H,15,16). The summed E-state index contributed by atoms with van der Waals surface area (Å²) in [6.07, 6.45) is 0. The van der Waals surface area contributed by atoms with E-state index in [0.29, 0.717) is 30.5 Å². The quantitative estimate of drug-likeness (QED) is 0.881. The van der Waals surface area contributed by atoms with Gasteiger partial charge in [-0.05, 0) is 19.1 Å². The van der Waals surface area contributed by atoms with E-state index < -0.39 is 5.97 Å². The average Bonchev–Trinajstić information content (AvgIpc) is 2.30. The molecule has 1 aromatic carbocycles. The lowest BCUT2D eigenvalue weighted by Crippen LogP contribution is -2.44. The molecule has 92 valence electrons. The van der Waals surface area contributed by atoms with Gasteiger partial charge in [0.05, 0.1) is 29.5 Å². The van der Waals surface area contributed by atoms with Crippen molar-refractivity contribution in [1.82, 2.24) is 0 Å². The number of carboxylic acid groups (broad SMARTS) is 1. The Morgan fingerprint density at radius 2 is 2.35 bits per heavy atom. The molecule has 0 radical (unpaired) electrons. The molecule has 1 atom stereocenters. The Hall–Kier alpha value is -1.26.